The Bertz CT molecular complexity index is 997. The van der Waals surface area contributed by atoms with Crippen LogP contribution in [-0.2, 0) is 0 Å². The number of anilines is 3. The van der Waals surface area contributed by atoms with Crippen molar-refractivity contribution >= 4 is 23.3 Å². The lowest BCUT2D eigenvalue weighted by Crippen LogP contribution is -2.33. The zero-order valence-electron chi connectivity index (χ0n) is 14.6. The molecule has 3 rings (SSSR count). The first-order valence-corrected chi connectivity index (χ1v) is 7.75. The molecular formula is C17H16N8O2. The van der Waals surface area contributed by atoms with Gasteiger partial charge in [-0.05, 0) is 12.1 Å². The van der Waals surface area contributed by atoms with Gasteiger partial charge in [0.05, 0.1) is 25.5 Å². The van der Waals surface area contributed by atoms with Crippen LogP contribution < -0.4 is 31.6 Å². The number of aliphatic imine (C=N–C) groups is 1. The molecule has 10 heteroatoms. The summed E-state index contributed by atoms with van der Waals surface area (Å²) < 4.78 is 10.9. The second kappa shape index (κ2) is 6.98. The second-order valence-electron chi connectivity index (χ2n) is 5.48. The fourth-order valence-corrected chi connectivity index (χ4v) is 2.94. The summed E-state index contributed by atoms with van der Waals surface area (Å²) in [4.78, 5) is 8.72. The van der Waals surface area contributed by atoms with E-state index in [-0.39, 0.29) is 28.8 Å². The Hall–Kier alpha value is -4.18. The number of ether oxygens (including phenoxy) is 2. The van der Waals surface area contributed by atoms with Gasteiger partial charge in [0.1, 0.15) is 40.8 Å². The van der Waals surface area contributed by atoms with Gasteiger partial charge in [-0.25, -0.2) is 9.98 Å². The summed E-state index contributed by atoms with van der Waals surface area (Å²) in [7, 11) is 3.04. The van der Waals surface area contributed by atoms with Crippen molar-refractivity contribution in [3.05, 3.63) is 34.9 Å². The summed E-state index contributed by atoms with van der Waals surface area (Å²) in [6, 6.07) is 6.48. The molecule has 2 heterocycles. The zero-order chi connectivity index (χ0) is 19.6. The minimum absolute atomic E-state index is 0.0230. The molecule has 1 aliphatic rings. The highest BCUT2D eigenvalue weighted by Crippen LogP contribution is 2.46. The lowest BCUT2D eigenvalue weighted by atomic mass is 9.93. The van der Waals surface area contributed by atoms with E-state index in [0.717, 1.165) is 0 Å². The van der Waals surface area contributed by atoms with Crippen LogP contribution >= 0.6 is 0 Å². The number of hydrogen-bond donors (Lipinski definition) is 4. The Morgan fingerprint density at radius 3 is 2.37 bits per heavy atom. The number of nitrogens with zero attached hydrogens (tertiary/aromatic N) is 4. The fourth-order valence-electron chi connectivity index (χ4n) is 2.94. The number of nitrogens with one attached hydrogen (secondary N) is 2. The monoisotopic (exact) mass is 364 g/mol. The van der Waals surface area contributed by atoms with E-state index in [1.807, 2.05) is 6.07 Å². The molecule has 1 aromatic heterocycles. The largest absolute Gasteiger partial charge is 0.496 e. The molecule has 27 heavy (non-hydrogen) atoms. The second-order valence-corrected chi connectivity index (χ2v) is 5.48. The van der Waals surface area contributed by atoms with Gasteiger partial charge >= 0.3 is 0 Å². The van der Waals surface area contributed by atoms with Gasteiger partial charge in [-0.15, -0.1) is 0 Å². The van der Waals surface area contributed by atoms with Crippen molar-refractivity contribution in [2.24, 2.45) is 4.99 Å². The number of methoxy groups -OCH3 is 2. The predicted octanol–water partition coefficient (Wildman–Crippen LogP) is 1.08. The predicted molar refractivity (Wildman–Crippen MR) is 99.0 cm³/mol. The molecule has 0 spiro atoms. The molecule has 0 radical (unpaired) electrons. The Kier molecular flexibility index (Phi) is 4.56. The van der Waals surface area contributed by atoms with Crippen molar-refractivity contribution in [2.45, 2.75) is 6.04 Å². The molecule has 10 nitrogen and oxygen atoms in total. The average Bonchev–Trinajstić information content (AvgIpc) is 2.67. The van der Waals surface area contributed by atoms with Crippen LogP contribution in [-0.4, -0.2) is 25.2 Å². The maximum Gasteiger partial charge on any atom is 0.211 e. The van der Waals surface area contributed by atoms with E-state index >= 15 is 0 Å². The molecule has 1 unspecified atom stereocenters. The SMILES string of the molecule is COc1cccc(OC)c1C1N=C(NC#N)Nc2nc(N)c(C#N)c(N)c21. The van der Waals surface area contributed by atoms with Crippen LogP contribution in [0.3, 0.4) is 0 Å². The molecule has 136 valence electrons. The van der Waals surface area contributed by atoms with E-state index in [1.54, 1.807) is 24.4 Å². The van der Waals surface area contributed by atoms with Crippen molar-refractivity contribution < 1.29 is 9.47 Å². The first kappa shape index (κ1) is 17.6. The van der Waals surface area contributed by atoms with Crippen molar-refractivity contribution in [1.82, 2.24) is 10.3 Å². The van der Waals surface area contributed by atoms with Crippen molar-refractivity contribution in [3.8, 4) is 23.8 Å². The molecule has 2 aromatic rings. The van der Waals surface area contributed by atoms with Crippen molar-refractivity contribution in [2.75, 3.05) is 31.0 Å². The number of fused-ring (bicyclic) bond motifs is 1. The van der Waals surface area contributed by atoms with E-state index in [0.29, 0.717) is 22.6 Å². The Balaban J connectivity index is 2.34. The maximum absolute atomic E-state index is 9.38. The first-order valence-electron chi connectivity index (χ1n) is 7.75. The number of nitrogen functional groups attached to an aromatic ring is 2. The molecule has 0 amide bonds. The molecule has 0 fully saturated rings. The van der Waals surface area contributed by atoms with Crippen LogP contribution in [0.4, 0.5) is 17.3 Å². The summed E-state index contributed by atoms with van der Waals surface area (Å²) in [6.07, 6.45) is 1.80. The number of nitriles is 2. The quantitative estimate of drug-likeness (QED) is 0.460. The van der Waals surface area contributed by atoms with Crippen molar-refractivity contribution in [1.29, 1.82) is 10.5 Å². The van der Waals surface area contributed by atoms with Gasteiger partial charge in [0, 0.05) is 5.56 Å². The van der Waals surface area contributed by atoms with Gasteiger partial charge in [0.15, 0.2) is 6.19 Å². The molecule has 1 atom stereocenters. The normalized spacial score (nSPS) is 14.7. The number of pyridine rings is 1. The standard InChI is InChI=1S/C17H16N8O2/c1-26-9-4-3-5-10(27-2)11(9)14-12-13(20)8(6-18)15(21)24-16(12)25-17(23-14)22-7-19/h3-5,14H,1-2H3,(H6,20,21,22,23,24,25). The first-order chi connectivity index (χ1) is 13.0. The zero-order valence-corrected chi connectivity index (χ0v) is 14.6. The van der Waals surface area contributed by atoms with Gasteiger partial charge in [-0.3, -0.25) is 5.32 Å². The minimum Gasteiger partial charge on any atom is -0.496 e. The topological polar surface area (TPSA) is 167 Å². The Morgan fingerprint density at radius 2 is 1.81 bits per heavy atom. The number of hydrogen-bond acceptors (Lipinski definition) is 10. The Morgan fingerprint density at radius 1 is 1.15 bits per heavy atom. The summed E-state index contributed by atoms with van der Waals surface area (Å²) in [5.74, 6) is 1.42. The van der Waals surface area contributed by atoms with Gasteiger partial charge in [0.25, 0.3) is 0 Å². The molecule has 6 N–H and O–H groups in total. The summed E-state index contributed by atoms with van der Waals surface area (Å²) in [5, 5.41) is 23.7. The van der Waals surface area contributed by atoms with Gasteiger partial charge in [0.2, 0.25) is 5.96 Å². The number of nitrogens with two attached hydrogens (primary N) is 2. The number of aromatic nitrogens is 1. The highest BCUT2D eigenvalue weighted by Gasteiger charge is 2.33. The third-order valence-electron chi connectivity index (χ3n) is 4.10. The number of rotatable bonds is 3. The summed E-state index contributed by atoms with van der Waals surface area (Å²) in [5.41, 5.74) is 13.3. The van der Waals surface area contributed by atoms with E-state index in [4.69, 9.17) is 26.2 Å². The van der Waals surface area contributed by atoms with E-state index in [1.165, 1.54) is 14.2 Å². The molecule has 1 aromatic carbocycles. The van der Waals surface area contributed by atoms with Crippen LogP contribution in [0.15, 0.2) is 23.2 Å². The fraction of sp³-hybridized carbons (Fsp3) is 0.176. The molecule has 0 saturated heterocycles. The van der Waals surface area contributed by atoms with E-state index < -0.39 is 6.04 Å². The van der Waals surface area contributed by atoms with Gasteiger partial charge < -0.3 is 26.3 Å². The highest BCUT2D eigenvalue weighted by molar-refractivity contribution is 5.98. The van der Waals surface area contributed by atoms with Gasteiger partial charge in [-0.2, -0.15) is 10.5 Å². The molecule has 1 aliphatic heterocycles. The van der Waals surface area contributed by atoms with Crippen LogP contribution in [0.2, 0.25) is 0 Å². The van der Waals surface area contributed by atoms with Gasteiger partial charge in [-0.1, -0.05) is 6.07 Å². The van der Waals surface area contributed by atoms with E-state index in [2.05, 4.69) is 20.6 Å². The summed E-state index contributed by atoms with van der Waals surface area (Å²) in [6.45, 7) is 0. The van der Waals surface area contributed by atoms with Crippen molar-refractivity contribution in [3.63, 3.8) is 0 Å². The van der Waals surface area contributed by atoms with Crippen LogP contribution in [0.1, 0.15) is 22.7 Å². The van der Waals surface area contributed by atoms with Crippen LogP contribution in [0.5, 0.6) is 11.5 Å². The average molecular weight is 364 g/mol. The molecular weight excluding hydrogens is 348 g/mol. The number of benzene rings is 1. The van der Waals surface area contributed by atoms with E-state index in [9.17, 15) is 5.26 Å². The number of guanidine groups is 1. The third-order valence-corrected chi connectivity index (χ3v) is 4.10. The summed E-state index contributed by atoms with van der Waals surface area (Å²) >= 11 is 0. The van der Waals surface area contributed by atoms with Crippen LogP contribution in [0.25, 0.3) is 0 Å². The third kappa shape index (κ3) is 2.85. The lowest BCUT2D eigenvalue weighted by Gasteiger charge is -2.27. The molecule has 0 bridgehead atoms. The Labute approximate surface area is 155 Å². The molecule has 0 aliphatic carbocycles. The maximum atomic E-state index is 9.38. The van der Waals surface area contributed by atoms with Crippen LogP contribution in [0, 0.1) is 22.8 Å². The highest BCUT2D eigenvalue weighted by atomic mass is 16.5. The smallest absolute Gasteiger partial charge is 0.211 e. The molecule has 0 saturated carbocycles. The lowest BCUT2D eigenvalue weighted by molar-refractivity contribution is 0.382. The minimum atomic E-state index is -0.747.